The van der Waals surface area contributed by atoms with Crippen molar-refractivity contribution in [3.05, 3.63) is 24.5 Å². The van der Waals surface area contributed by atoms with E-state index in [9.17, 15) is 14.7 Å². The van der Waals surface area contributed by atoms with Crippen LogP contribution in [0.2, 0.25) is 0 Å². The fourth-order valence-electron chi connectivity index (χ4n) is 2.87. The van der Waals surface area contributed by atoms with Gasteiger partial charge in [-0.15, -0.1) is 0 Å². The second kappa shape index (κ2) is 6.33. The Morgan fingerprint density at radius 1 is 1.24 bits per heavy atom. The minimum Gasteiger partial charge on any atom is -0.481 e. The zero-order valence-electron chi connectivity index (χ0n) is 12.8. The highest BCUT2D eigenvalue weighted by Crippen LogP contribution is 2.32. The number of piperidine rings is 1. The number of carboxylic acid groups (broad SMARTS) is 1. The van der Waals surface area contributed by atoms with Crippen LogP contribution in [0.3, 0.4) is 0 Å². The maximum atomic E-state index is 12.7. The zero-order valence-corrected chi connectivity index (χ0v) is 12.8. The quantitative estimate of drug-likeness (QED) is 0.907. The molecule has 21 heavy (non-hydrogen) atoms. The van der Waals surface area contributed by atoms with Crippen molar-refractivity contribution >= 4 is 11.9 Å². The molecule has 116 valence electrons. The first-order valence-corrected chi connectivity index (χ1v) is 7.62. The molecule has 1 aromatic heterocycles. The lowest BCUT2D eigenvalue weighted by atomic mass is 9.80. The third-order valence-corrected chi connectivity index (χ3v) is 4.53. The number of carbonyl (C=O) groups excluding carboxylic acids is 1. The van der Waals surface area contributed by atoms with Crippen LogP contribution in [0.4, 0.5) is 0 Å². The van der Waals surface area contributed by atoms with Crippen LogP contribution in [0.5, 0.6) is 0 Å². The molecule has 1 N–H and O–H groups in total. The second-order valence-electron chi connectivity index (χ2n) is 6.13. The fourth-order valence-corrected chi connectivity index (χ4v) is 2.87. The first kappa shape index (κ1) is 15.6. The van der Waals surface area contributed by atoms with Crippen LogP contribution in [0.15, 0.2) is 24.5 Å². The molecule has 0 aliphatic carbocycles. The van der Waals surface area contributed by atoms with Crippen molar-refractivity contribution in [2.45, 2.75) is 45.6 Å². The minimum atomic E-state index is -0.759. The van der Waals surface area contributed by atoms with E-state index in [0.717, 1.165) is 12.8 Å². The summed E-state index contributed by atoms with van der Waals surface area (Å²) in [6.45, 7) is 4.90. The Morgan fingerprint density at radius 3 is 2.29 bits per heavy atom. The minimum absolute atomic E-state index is 0.112. The van der Waals surface area contributed by atoms with Crippen LogP contribution >= 0.6 is 0 Å². The van der Waals surface area contributed by atoms with Crippen molar-refractivity contribution in [1.82, 2.24) is 9.47 Å². The molecule has 5 heteroatoms. The van der Waals surface area contributed by atoms with Gasteiger partial charge in [0, 0.05) is 25.5 Å². The highest BCUT2D eigenvalue weighted by Gasteiger charge is 2.39. The Labute approximate surface area is 125 Å². The van der Waals surface area contributed by atoms with Gasteiger partial charge in [-0.1, -0.05) is 13.3 Å². The molecule has 0 saturated carbocycles. The molecule has 2 rings (SSSR count). The Bertz CT molecular complexity index is 488. The summed E-state index contributed by atoms with van der Waals surface area (Å²) in [4.78, 5) is 25.8. The molecular weight excluding hydrogens is 268 g/mol. The largest absolute Gasteiger partial charge is 0.481 e. The number of aromatic nitrogens is 1. The van der Waals surface area contributed by atoms with E-state index in [2.05, 4.69) is 6.92 Å². The molecule has 0 radical (unpaired) electrons. The number of hydrogen-bond acceptors (Lipinski definition) is 2. The number of carbonyl (C=O) groups is 2. The van der Waals surface area contributed by atoms with Crippen molar-refractivity contribution in [2.75, 3.05) is 13.1 Å². The molecule has 1 aliphatic rings. The summed E-state index contributed by atoms with van der Waals surface area (Å²) in [6.07, 6.45) is 6.64. The summed E-state index contributed by atoms with van der Waals surface area (Å²) in [5.74, 6) is -0.648. The van der Waals surface area contributed by atoms with Crippen molar-refractivity contribution in [2.24, 2.45) is 5.41 Å². The number of rotatable bonds is 5. The lowest BCUT2D eigenvalue weighted by Gasteiger charge is -2.38. The Hall–Kier alpha value is -1.78. The van der Waals surface area contributed by atoms with Gasteiger partial charge in [-0.05, 0) is 38.3 Å². The maximum absolute atomic E-state index is 12.7. The van der Waals surface area contributed by atoms with Crippen molar-refractivity contribution in [3.8, 4) is 0 Å². The van der Waals surface area contributed by atoms with Gasteiger partial charge >= 0.3 is 5.97 Å². The highest BCUT2D eigenvalue weighted by molar-refractivity contribution is 5.81. The summed E-state index contributed by atoms with van der Waals surface area (Å²) >= 11 is 0. The zero-order chi connectivity index (χ0) is 15.5. The van der Waals surface area contributed by atoms with E-state index in [0.29, 0.717) is 25.9 Å². The van der Waals surface area contributed by atoms with Gasteiger partial charge in [0.2, 0.25) is 5.91 Å². The van der Waals surface area contributed by atoms with E-state index < -0.39 is 11.4 Å². The lowest BCUT2D eigenvalue weighted by molar-refractivity contribution is -0.153. The van der Waals surface area contributed by atoms with E-state index in [1.165, 1.54) is 0 Å². The summed E-state index contributed by atoms with van der Waals surface area (Å²) in [5, 5.41) is 9.26. The van der Waals surface area contributed by atoms with Crippen LogP contribution in [0.25, 0.3) is 0 Å². The average Bonchev–Trinajstić information content (AvgIpc) is 2.98. The number of hydrogen-bond donors (Lipinski definition) is 1. The fraction of sp³-hybridized carbons (Fsp3) is 0.625. The number of likely N-dealkylation sites (tertiary alicyclic amines) is 1. The Kier molecular flexibility index (Phi) is 4.70. The molecule has 0 spiro atoms. The number of nitrogens with zero attached hydrogens (tertiary/aromatic N) is 2. The monoisotopic (exact) mass is 292 g/mol. The molecule has 1 atom stereocenters. The first-order chi connectivity index (χ1) is 9.98. The molecule has 5 nitrogen and oxygen atoms in total. The molecule has 1 fully saturated rings. The molecule has 1 aliphatic heterocycles. The normalized spacial score (nSPS) is 19.2. The van der Waals surface area contributed by atoms with E-state index in [1.54, 1.807) is 6.92 Å². The summed E-state index contributed by atoms with van der Waals surface area (Å²) < 4.78 is 1.96. The molecule has 1 amide bonds. The van der Waals surface area contributed by atoms with Gasteiger partial charge in [0.25, 0.3) is 0 Å². The van der Waals surface area contributed by atoms with Crippen LogP contribution in [-0.4, -0.2) is 39.5 Å². The van der Waals surface area contributed by atoms with Crippen LogP contribution in [-0.2, 0) is 9.59 Å². The Balaban J connectivity index is 2.04. The van der Waals surface area contributed by atoms with Crippen molar-refractivity contribution in [3.63, 3.8) is 0 Å². The smallest absolute Gasteiger partial charge is 0.309 e. The van der Waals surface area contributed by atoms with E-state index >= 15 is 0 Å². The average molecular weight is 292 g/mol. The van der Waals surface area contributed by atoms with Crippen LogP contribution in [0, 0.1) is 5.41 Å². The van der Waals surface area contributed by atoms with E-state index in [4.69, 9.17) is 0 Å². The SMILES string of the molecule is CCC[C@@H](C(=O)N1CCC(C)(C(=O)O)CC1)n1cccc1. The third kappa shape index (κ3) is 3.28. The van der Waals surface area contributed by atoms with Gasteiger partial charge in [-0.25, -0.2) is 0 Å². The molecule has 2 heterocycles. The van der Waals surface area contributed by atoms with Gasteiger partial charge in [0.1, 0.15) is 6.04 Å². The molecule has 1 saturated heterocycles. The van der Waals surface area contributed by atoms with Gasteiger partial charge in [0.15, 0.2) is 0 Å². The van der Waals surface area contributed by atoms with Crippen LogP contribution in [0.1, 0.15) is 45.6 Å². The summed E-state index contributed by atoms with van der Waals surface area (Å²) in [6, 6.07) is 3.68. The molecule has 0 aromatic carbocycles. The topological polar surface area (TPSA) is 62.5 Å². The number of aliphatic carboxylic acids is 1. The Morgan fingerprint density at radius 2 is 1.81 bits per heavy atom. The maximum Gasteiger partial charge on any atom is 0.309 e. The van der Waals surface area contributed by atoms with Gasteiger partial charge in [-0.2, -0.15) is 0 Å². The van der Waals surface area contributed by atoms with Crippen LogP contribution < -0.4 is 0 Å². The second-order valence-corrected chi connectivity index (χ2v) is 6.13. The lowest BCUT2D eigenvalue weighted by Crippen LogP contribution is -2.47. The first-order valence-electron chi connectivity index (χ1n) is 7.62. The molecular formula is C16H24N2O3. The molecule has 1 aromatic rings. The summed E-state index contributed by atoms with van der Waals surface area (Å²) in [5.41, 5.74) is -0.690. The number of amides is 1. The predicted molar refractivity (Wildman–Crippen MR) is 79.9 cm³/mol. The predicted octanol–water partition coefficient (Wildman–Crippen LogP) is 2.54. The molecule has 0 unspecified atom stereocenters. The summed E-state index contributed by atoms with van der Waals surface area (Å²) in [7, 11) is 0. The van der Waals surface area contributed by atoms with Crippen molar-refractivity contribution < 1.29 is 14.7 Å². The number of carboxylic acids is 1. The van der Waals surface area contributed by atoms with Gasteiger partial charge in [-0.3, -0.25) is 9.59 Å². The van der Waals surface area contributed by atoms with E-state index in [1.807, 2.05) is 34.0 Å². The third-order valence-electron chi connectivity index (χ3n) is 4.53. The highest BCUT2D eigenvalue weighted by atomic mass is 16.4. The standard InChI is InChI=1S/C16H24N2O3/c1-3-6-13(17-9-4-5-10-17)14(19)18-11-7-16(2,8-12-18)15(20)21/h4-5,9-10,13H,3,6-8,11-12H2,1-2H3,(H,20,21)/t13-/m0/s1. The van der Waals surface area contributed by atoms with Gasteiger partial charge < -0.3 is 14.6 Å². The van der Waals surface area contributed by atoms with Crippen molar-refractivity contribution in [1.29, 1.82) is 0 Å². The van der Waals surface area contributed by atoms with E-state index in [-0.39, 0.29) is 11.9 Å². The molecule has 0 bridgehead atoms. The van der Waals surface area contributed by atoms with Gasteiger partial charge in [0.05, 0.1) is 5.41 Å².